The molecule has 2 aliphatic rings. The van der Waals surface area contributed by atoms with Crippen LogP contribution in [0.1, 0.15) is 6.42 Å². The van der Waals surface area contributed by atoms with Crippen LogP contribution in [0.4, 0.5) is 20.6 Å². The van der Waals surface area contributed by atoms with Crippen LogP contribution >= 0.6 is 0 Å². The molecule has 0 aliphatic carbocycles. The zero-order valence-corrected chi connectivity index (χ0v) is 16.5. The van der Waals surface area contributed by atoms with Crippen LogP contribution in [0.2, 0.25) is 0 Å². The maximum absolute atomic E-state index is 14.0. The number of hydrogen-bond acceptors (Lipinski definition) is 3. The van der Waals surface area contributed by atoms with Gasteiger partial charge in [-0.25, -0.2) is 9.18 Å². The number of nitrogens with one attached hydrogen (secondary N) is 1. The number of rotatable bonds is 3. The summed E-state index contributed by atoms with van der Waals surface area (Å²) in [6.45, 7) is 1.83. The smallest absolute Gasteiger partial charge is 0.321 e. The van der Waals surface area contributed by atoms with E-state index in [1.165, 1.54) is 11.0 Å². The van der Waals surface area contributed by atoms with Crippen molar-refractivity contribution < 1.29 is 18.8 Å². The number of anilines is 2. The summed E-state index contributed by atoms with van der Waals surface area (Å²) in [7, 11) is 0. The molecule has 1 N–H and O–H groups in total. The van der Waals surface area contributed by atoms with Gasteiger partial charge in [-0.1, -0.05) is 30.3 Å². The minimum absolute atomic E-state index is 0.0713. The Morgan fingerprint density at radius 1 is 0.900 bits per heavy atom. The van der Waals surface area contributed by atoms with E-state index in [1.54, 1.807) is 28.0 Å². The number of hydrogen-bond donors (Lipinski definition) is 1. The van der Waals surface area contributed by atoms with E-state index < -0.39 is 11.7 Å². The topological polar surface area (TPSA) is 73.0 Å². The lowest BCUT2D eigenvalue weighted by Gasteiger charge is -2.35. The average molecular weight is 410 g/mol. The van der Waals surface area contributed by atoms with Gasteiger partial charge in [0.1, 0.15) is 5.82 Å². The van der Waals surface area contributed by atoms with Gasteiger partial charge in [0.25, 0.3) is 0 Å². The molecule has 2 aromatic rings. The Balaban J connectivity index is 1.32. The summed E-state index contributed by atoms with van der Waals surface area (Å²) in [5.74, 6) is -1.34. The number of para-hydroxylation sites is 2. The van der Waals surface area contributed by atoms with Crippen molar-refractivity contribution in [2.24, 2.45) is 5.92 Å². The molecule has 2 saturated heterocycles. The van der Waals surface area contributed by atoms with Crippen molar-refractivity contribution in [3.63, 3.8) is 0 Å². The van der Waals surface area contributed by atoms with E-state index in [0.717, 1.165) is 5.69 Å². The normalized spacial score (nSPS) is 19.2. The first-order valence-electron chi connectivity index (χ1n) is 9.97. The van der Waals surface area contributed by atoms with Crippen molar-refractivity contribution in [1.82, 2.24) is 9.80 Å². The van der Waals surface area contributed by atoms with Crippen molar-refractivity contribution in [3.8, 4) is 0 Å². The summed E-state index contributed by atoms with van der Waals surface area (Å²) in [6, 6.07) is 15.1. The number of halogens is 1. The van der Waals surface area contributed by atoms with Gasteiger partial charge >= 0.3 is 6.03 Å². The molecule has 0 saturated carbocycles. The molecule has 2 aromatic carbocycles. The Morgan fingerprint density at radius 3 is 2.23 bits per heavy atom. The molecule has 7 nitrogen and oxygen atoms in total. The van der Waals surface area contributed by atoms with Crippen molar-refractivity contribution in [3.05, 3.63) is 60.4 Å². The quantitative estimate of drug-likeness (QED) is 0.845. The van der Waals surface area contributed by atoms with E-state index in [4.69, 9.17) is 0 Å². The highest BCUT2D eigenvalue weighted by atomic mass is 19.1. The third-order valence-electron chi connectivity index (χ3n) is 5.52. The molecule has 0 radical (unpaired) electrons. The number of nitrogens with zero attached hydrogens (tertiary/aromatic N) is 3. The number of carbonyl (C=O) groups is 3. The number of piperazine rings is 1. The summed E-state index contributed by atoms with van der Waals surface area (Å²) in [5, 5.41) is 2.84. The van der Waals surface area contributed by atoms with Crippen LogP contribution in [0.3, 0.4) is 0 Å². The van der Waals surface area contributed by atoms with Crippen molar-refractivity contribution in [2.45, 2.75) is 6.42 Å². The minimum Gasteiger partial charge on any atom is -0.339 e. The van der Waals surface area contributed by atoms with E-state index in [1.807, 2.05) is 30.3 Å². The SMILES string of the molecule is O=C(Nc1ccccc1)N1CCN(C(=O)C2CC(=O)N(c3ccccc3F)C2)CC1. The third kappa shape index (κ3) is 4.12. The van der Waals surface area contributed by atoms with Gasteiger partial charge in [0, 0.05) is 44.8 Å². The van der Waals surface area contributed by atoms with Gasteiger partial charge < -0.3 is 20.0 Å². The van der Waals surface area contributed by atoms with E-state index in [2.05, 4.69) is 5.32 Å². The van der Waals surface area contributed by atoms with Crippen LogP contribution in [0.5, 0.6) is 0 Å². The molecular formula is C22H23FN4O3. The highest BCUT2D eigenvalue weighted by Gasteiger charge is 2.38. The molecule has 2 fully saturated rings. The molecular weight excluding hydrogens is 387 g/mol. The van der Waals surface area contributed by atoms with E-state index in [0.29, 0.717) is 26.2 Å². The summed E-state index contributed by atoms with van der Waals surface area (Å²) in [4.78, 5) is 42.4. The lowest BCUT2D eigenvalue weighted by Crippen LogP contribution is -2.53. The molecule has 0 bridgehead atoms. The summed E-state index contributed by atoms with van der Waals surface area (Å²) in [5.41, 5.74) is 0.930. The summed E-state index contributed by atoms with van der Waals surface area (Å²) >= 11 is 0. The maximum atomic E-state index is 14.0. The van der Waals surface area contributed by atoms with E-state index in [-0.39, 0.29) is 36.5 Å². The van der Waals surface area contributed by atoms with Crippen molar-refractivity contribution in [1.29, 1.82) is 0 Å². The van der Waals surface area contributed by atoms with Crippen LogP contribution in [0.25, 0.3) is 0 Å². The van der Waals surface area contributed by atoms with Gasteiger partial charge in [-0.15, -0.1) is 0 Å². The molecule has 0 spiro atoms. The summed E-state index contributed by atoms with van der Waals surface area (Å²) < 4.78 is 14.0. The molecule has 4 amide bonds. The molecule has 8 heteroatoms. The predicted octanol–water partition coefficient (Wildman–Crippen LogP) is 2.55. The second kappa shape index (κ2) is 8.52. The average Bonchev–Trinajstić information content (AvgIpc) is 3.15. The Labute approximate surface area is 174 Å². The fourth-order valence-electron chi connectivity index (χ4n) is 3.89. The minimum atomic E-state index is -0.498. The predicted molar refractivity (Wildman–Crippen MR) is 110 cm³/mol. The molecule has 30 heavy (non-hydrogen) atoms. The molecule has 0 aromatic heterocycles. The zero-order chi connectivity index (χ0) is 21.1. The first-order valence-corrected chi connectivity index (χ1v) is 9.97. The first kappa shape index (κ1) is 19.9. The first-order chi connectivity index (χ1) is 14.5. The Hall–Kier alpha value is -3.42. The third-order valence-corrected chi connectivity index (χ3v) is 5.52. The lowest BCUT2D eigenvalue weighted by molar-refractivity contribution is -0.137. The fourth-order valence-corrected chi connectivity index (χ4v) is 3.89. The molecule has 2 aliphatic heterocycles. The van der Waals surface area contributed by atoms with Crippen LogP contribution in [-0.2, 0) is 9.59 Å². The van der Waals surface area contributed by atoms with Gasteiger partial charge in [0.2, 0.25) is 11.8 Å². The fraction of sp³-hybridized carbons (Fsp3) is 0.318. The number of carbonyl (C=O) groups excluding carboxylic acids is 3. The second-order valence-corrected chi connectivity index (χ2v) is 7.47. The zero-order valence-electron chi connectivity index (χ0n) is 16.5. The Kier molecular flexibility index (Phi) is 5.65. The number of urea groups is 1. The monoisotopic (exact) mass is 410 g/mol. The maximum Gasteiger partial charge on any atom is 0.321 e. The second-order valence-electron chi connectivity index (χ2n) is 7.47. The molecule has 1 atom stereocenters. The van der Waals surface area contributed by atoms with E-state index >= 15 is 0 Å². The highest BCUT2D eigenvalue weighted by molar-refractivity contribution is 6.00. The Bertz CT molecular complexity index is 944. The molecule has 2 heterocycles. The van der Waals surface area contributed by atoms with Gasteiger partial charge in [-0.05, 0) is 24.3 Å². The van der Waals surface area contributed by atoms with Crippen LogP contribution in [-0.4, -0.2) is 60.4 Å². The number of amides is 4. The van der Waals surface area contributed by atoms with Crippen molar-refractivity contribution >= 4 is 29.2 Å². The van der Waals surface area contributed by atoms with Crippen LogP contribution in [0.15, 0.2) is 54.6 Å². The van der Waals surface area contributed by atoms with Gasteiger partial charge in [-0.2, -0.15) is 0 Å². The van der Waals surface area contributed by atoms with Crippen molar-refractivity contribution in [2.75, 3.05) is 42.9 Å². The Morgan fingerprint density at radius 2 is 1.53 bits per heavy atom. The molecule has 4 rings (SSSR count). The molecule has 156 valence electrons. The largest absolute Gasteiger partial charge is 0.339 e. The summed E-state index contributed by atoms with van der Waals surface area (Å²) in [6.07, 6.45) is 0.0713. The standard InChI is InChI=1S/C22H23FN4O3/c23-18-8-4-5-9-19(18)27-15-16(14-20(27)28)21(29)25-10-12-26(13-11-25)22(30)24-17-6-2-1-3-7-17/h1-9,16H,10-15H2,(H,24,30). The van der Waals surface area contributed by atoms with Crippen LogP contribution < -0.4 is 10.2 Å². The van der Waals surface area contributed by atoms with Crippen LogP contribution in [0, 0.1) is 11.7 Å². The van der Waals surface area contributed by atoms with Gasteiger partial charge in [0.15, 0.2) is 0 Å². The lowest BCUT2D eigenvalue weighted by atomic mass is 10.1. The highest BCUT2D eigenvalue weighted by Crippen LogP contribution is 2.28. The molecule has 1 unspecified atom stereocenters. The van der Waals surface area contributed by atoms with E-state index in [9.17, 15) is 18.8 Å². The number of benzene rings is 2. The van der Waals surface area contributed by atoms with Gasteiger partial charge in [-0.3, -0.25) is 9.59 Å². The van der Waals surface area contributed by atoms with Gasteiger partial charge in [0.05, 0.1) is 11.6 Å².